The van der Waals surface area contributed by atoms with E-state index < -0.39 is 36.6 Å². The Balaban J connectivity index is 2.33. The molecule has 0 heterocycles. The summed E-state index contributed by atoms with van der Waals surface area (Å²) in [7, 11) is -8.63. The summed E-state index contributed by atoms with van der Waals surface area (Å²) in [5, 5.41) is 1.08. The molecule has 0 radical (unpaired) electrons. The summed E-state index contributed by atoms with van der Waals surface area (Å²) in [5.74, 6) is 0. The van der Waals surface area contributed by atoms with Crippen molar-refractivity contribution in [1.29, 1.82) is 0 Å². The van der Waals surface area contributed by atoms with E-state index in [1.807, 2.05) is 5.43 Å². The van der Waals surface area contributed by atoms with Crippen LogP contribution in [0.2, 0.25) is 0 Å². The van der Waals surface area contributed by atoms with Crippen LogP contribution in [-0.4, -0.2) is 37.2 Å². The molecule has 0 spiro atoms. The summed E-state index contributed by atoms with van der Waals surface area (Å²) in [6.45, 7) is 0. The van der Waals surface area contributed by atoms with Crippen LogP contribution in [0.15, 0.2) is 5.22 Å². The first-order valence-electron chi connectivity index (χ1n) is 8.69. The van der Waals surface area contributed by atoms with E-state index in [1.165, 1.54) is 0 Å². The second-order valence-corrected chi connectivity index (χ2v) is 10.9. The Kier molecular flexibility index (Phi) is 7.09. The Bertz CT molecular complexity index is 702. The number of amides is 2. The summed E-state index contributed by atoms with van der Waals surface area (Å²) in [6, 6.07) is -1.22. The molecular weight excluding hydrogens is 384 g/mol. The molecule has 26 heavy (non-hydrogen) atoms. The number of sulfonamides is 2. The second-order valence-electron chi connectivity index (χ2n) is 6.55. The third-order valence-corrected chi connectivity index (χ3v) is 9.78. The van der Waals surface area contributed by atoms with Gasteiger partial charge in [0.25, 0.3) is 0 Å². The third kappa shape index (κ3) is 4.78. The molecule has 0 saturated heterocycles. The number of carbonyl (C=O) groups excluding carboxylic acids is 1. The van der Waals surface area contributed by atoms with Gasteiger partial charge in [0.15, 0.2) is 0 Å². The van der Waals surface area contributed by atoms with Gasteiger partial charge in [-0.1, -0.05) is 38.5 Å². The number of urea groups is 1. The van der Waals surface area contributed by atoms with Gasteiger partial charge in [0.05, 0.1) is 10.5 Å². The number of hydrogen-bond acceptors (Lipinski definition) is 6. The number of rotatable bonds is 6. The molecule has 0 aliphatic heterocycles. The Labute approximate surface area is 153 Å². The maximum atomic E-state index is 13.0. The molecule has 0 unspecified atom stereocenters. The lowest BCUT2D eigenvalue weighted by Crippen LogP contribution is -2.57. The minimum atomic E-state index is -4.31. The zero-order valence-electron chi connectivity index (χ0n) is 14.4. The molecular formula is C13H24N6O5S2. The van der Waals surface area contributed by atoms with Crippen LogP contribution in [0.1, 0.15) is 64.2 Å². The van der Waals surface area contributed by atoms with Crippen LogP contribution in [0.5, 0.6) is 0 Å². The predicted octanol–water partition coefficient (Wildman–Crippen LogP) is 2.05. The number of carbonyl (C=O) groups is 1. The van der Waals surface area contributed by atoms with Crippen LogP contribution in [0.25, 0.3) is 10.4 Å². The number of nitrogens with zero attached hydrogens (tertiary/aromatic N) is 4. The summed E-state index contributed by atoms with van der Waals surface area (Å²) >= 11 is 0. The van der Waals surface area contributed by atoms with Gasteiger partial charge in [0.2, 0.25) is 20.0 Å². The smallest absolute Gasteiger partial charge is 0.222 e. The molecule has 2 N–H and O–H groups in total. The minimum Gasteiger partial charge on any atom is -0.222 e. The first kappa shape index (κ1) is 20.7. The highest BCUT2D eigenvalue weighted by atomic mass is 32.3. The van der Waals surface area contributed by atoms with Gasteiger partial charge in [-0.2, -0.15) is 10.3 Å². The molecule has 2 amide bonds. The van der Waals surface area contributed by atoms with Crippen LogP contribution in [-0.2, 0) is 20.0 Å². The monoisotopic (exact) mass is 408 g/mol. The standard InChI is InChI=1S/C13H24N6O5S2/c14-17-18-15-13(20)16-19(25(21,22)11-7-3-1-4-8-11)26(23,24)12-9-5-2-6-10-12/h11-12H,1-10H2,(H2,15,16,20). The molecule has 0 aromatic carbocycles. The number of hydrogen-bond donors (Lipinski definition) is 2. The third-order valence-electron chi connectivity index (χ3n) is 4.80. The SMILES string of the molecule is [N-]=[N+]=NNC(=O)NN(S(=O)(=O)C1CCCCC1)S(=O)(=O)C1CCCCC1. The van der Waals surface area contributed by atoms with Gasteiger partial charge < -0.3 is 0 Å². The second kappa shape index (κ2) is 8.89. The molecule has 11 nitrogen and oxygen atoms in total. The lowest BCUT2D eigenvalue weighted by atomic mass is 10.0. The molecule has 2 fully saturated rings. The predicted molar refractivity (Wildman–Crippen MR) is 94.2 cm³/mol. The van der Waals surface area contributed by atoms with E-state index in [4.69, 9.17) is 5.53 Å². The first-order valence-corrected chi connectivity index (χ1v) is 11.7. The summed E-state index contributed by atoms with van der Waals surface area (Å²) in [6.07, 6.45) is 5.92. The molecule has 2 rings (SSSR count). The van der Waals surface area contributed by atoms with Gasteiger partial charge in [0.1, 0.15) is 0 Å². The molecule has 0 bridgehead atoms. The van der Waals surface area contributed by atoms with Gasteiger partial charge in [0, 0.05) is 3.82 Å². The molecule has 13 heteroatoms. The van der Waals surface area contributed by atoms with Gasteiger partial charge in [-0.25, -0.2) is 27.1 Å². The number of nitrogens with one attached hydrogen (secondary N) is 2. The Morgan fingerprint density at radius 2 is 1.31 bits per heavy atom. The average Bonchev–Trinajstić information content (AvgIpc) is 2.65. The van der Waals surface area contributed by atoms with Crippen LogP contribution in [0, 0.1) is 0 Å². The van der Waals surface area contributed by atoms with E-state index >= 15 is 0 Å². The van der Waals surface area contributed by atoms with Crippen molar-refractivity contribution in [3.8, 4) is 0 Å². The summed E-state index contributed by atoms with van der Waals surface area (Å²) in [4.78, 5) is 14.1. The molecule has 2 aliphatic carbocycles. The van der Waals surface area contributed by atoms with E-state index in [0.717, 1.165) is 12.8 Å². The highest BCUT2D eigenvalue weighted by Gasteiger charge is 2.45. The lowest BCUT2D eigenvalue weighted by molar-refractivity contribution is 0.231. The largest absolute Gasteiger partial charge is 0.425 e. The number of hydrazine groups is 1. The molecule has 0 aromatic heterocycles. The van der Waals surface area contributed by atoms with Gasteiger partial charge in [-0.3, -0.25) is 0 Å². The highest BCUT2D eigenvalue weighted by molar-refractivity contribution is 8.04. The quantitative estimate of drug-likeness (QED) is 0.297. The van der Waals surface area contributed by atoms with Gasteiger partial charge in [-0.05, 0) is 30.9 Å². The van der Waals surface area contributed by atoms with Crippen LogP contribution < -0.4 is 10.9 Å². The van der Waals surface area contributed by atoms with E-state index in [1.54, 1.807) is 5.43 Å². The molecule has 0 aromatic rings. The van der Waals surface area contributed by atoms with E-state index in [-0.39, 0.29) is 3.82 Å². The molecule has 0 atom stereocenters. The van der Waals surface area contributed by atoms with Crippen molar-refractivity contribution in [3.05, 3.63) is 10.4 Å². The Hall–Kier alpha value is -1.56. The van der Waals surface area contributed by atoms with Crippen LogP contribution in [0.3, 0.4) is 0 Å². The van der Waals surface area contributed by atoms with E-state index in [0.29, 0.717) is 51.4 Å². The minimum absolute atomic E-state index is 0.119. The van der Waals surface area contributed by atoms with Crippen molar-refractivity contribution in [3.63, 3.8) is 0 Å². The summed E-state index contributed by atoms with van der Waals surface area (Å²) in [5.41, 5.74) is 11.8. The fourth-order valence-corrected chi connectivity index (χ4v) is 8.15. The van der Waals surface area contributed by atoms with Crippen molar-refractivity contribution >= 4 is 26.1 Å². The Morgan fingerprint density at radius 1 is 0.885 bits per heavy atom. The Morgan fingerprint density at radius 3 is 1.69 bits per heavy atom. The van der Waals surface area contributed by atoms with Crippen molar-refractivity contribution in [2.75, 3.05) is 0 Å². The zero-order valence-corrected chi connectivity index (χ0v) is 16.0. The molecule has 2 saturated carbocycles. The zero-order chi connectivity index (χ0) is 19.2. The topological polar surface area (TPSA) is 161 Å². The van der Waals surface area contributed by atoms with Crippen LogP contribution in [0.4, 0.5) is 4.79 Å². The van der Waals surface area contributed by atoms with E-state index in [9.17, 15) is 21.6 Å². The van der Waals surface area contributed by atoms with Gasteiger partial charge >= 0.3 is 6.03 Å². The number of azide groups is 1. The normalized spacial score (nSPS) is 20.3. The van der Waals surface area contributed by atoms with Crippen molar-refractivity contribution in [2.24, 2.45) is 5.22 Å². The first-order chi connectivity index (χ1) is 12.3. The van der Waals surface area contributed by atoms with Crippen molar-refractivity contribution < 1.29 is 21.6 Å². The van der Waals surface area contributed by atoms with E-state index in [2.05, 4.69) is 10.1 Å². The van der Waals surface area contributed by atoms with Crippen LogP contribution >= 0.6 is 0 Å². The average molecular weight is 409 g/mol. The fraction of sp³-hybridized carbons (Fsp3) is 0.923. The van der Waals surface area contributed by atoms with Crippen molar-refractivity contribution in [1.82, 2.24) is 14.7 Å². The molecule has 2 aliphatic rings. The maximum absolute atomic E-state index is 13.0. The lowest BCUT2D eigenvalue weighted by Gasteiger charge is -2.32. The highest BCUT2D eigenvalue weighted by Crippen LogP contribution is 2.31. The molecule has 148 valence electrons. The fourth-order valence-electron chi connectivity index (χ4n) is 3.44. The van der Waals surface area contributed by atoms with Crippen molar-refractivity contribution in [2.45, 2.75) is 74.7 Å². The summed E-state index contributed by atoms with van der Waals surface area (Å²) < 4.78 is 52.1. The van der Waals surface area contributed by atoms with Gasteiger partial charge in [-0.15, -0.1) is 5.53 Å². The maximum Gasteiger partial charge on any atom is 0.425 e.